The average Bonchev–Trinajstić information content (AvgIpc) is 2.29. The SMILES string of the molecule is CCC1CCCC(NC(=O)COCCN)C1. The first-order chi connectivity index (χ1) is 7.76. The van der Waals surface area contributed by atoms with Gasteiger partial charge >= 0.3 is 0 Å². The van der Waals surface area contributed by atoms with Crippen LogP contribution >= 0.6 is 0 Å². The molecule has 0 saturated heterocycles. The van der Waals surface area contributed by atoms with Crippen LogP contribution in [0.4, 0.5) is 0 Å². The first kappa shape index (κ1) is 13.5. The van der Waals surface area contributed by atoms with Crippen molar-refractivity contribution >= 4 is 5.91 Å². The molecule has 1 fully saturated rings. The van der Waals surface area contributed by atoms with E-state index in [2.05, 4.69) is 12.2 Å². The summed E-state index contributed by atoms with van der Waals surface area (Å²) in [7, 11) is 0. The molecule has 1 saturated carbocycles. The molecule has 1 aliphatic carbocycles. The fourth-order valence-electron chi connectivity index (χ4n) is 2.31. The molecule has 16 heavy (non-hydrogen) atoms. The summed E-state index contributed by atoms with van der Waals surface area (Å²) in [6.45, 7) is 3.29. The van der Waals surface area contributed by atoms with Gasteiger partial charge in [0.25, 0.3) is 0 Å². The van der Waals surface area contributed by atoms with Gasteiger partial charge in [-0.1, -0.05) is 26.2 Å². The zero-order valence-electron chi connectivity index (χ0n) is 10.2. The van der Waals surface area contributed by atoms with Crippen molar-refractivity contribution in [3.05, 3.63) is 0 Å². The number of carbonyl (C=O) groups is 1. The molecule has 0 bridgehead atoms. The second-order valence-electron chi connectivity index (χ2n) is 4.55. The van der Waals surface area contributed by atoms with Gasteiger partial charge in [0.05, 0.1) is 6.61 Å². The Labute approximate surface area is 97.9 Å². The lowest BCUT2D eigenvalue weighted by atomic mass is 9.84. The molecule has 1 rings (SSSR count). The highest BCUT2D eigenvalue weighted by molar-refractivity contribution is 5.77. The van der Waals surface area contributed by atoms with Crippen LogP contribution in [0.15, 0.2) is 0 Å². The Morgan fingerprint density at radius 3 is 3.00 bits per heavy atom. The second-order valence-corrected chi connectivity index (χ2v) is 4.55. The monoisotopic (exact) mass is 228 g/mol. The number of ether oxygens (including phenoxy) is 1. The van der Waals surface area contributed by atoms with Gasteiger partial charge in [0.2, 0.25) is 5.91 Å². The maximum atomic E-state index is 11.5. The summed E-state index contributed by atoms with van der Waals surface area (Å²) in [5.41, 5.74) is 5.28. The minimum atomic E-state index is -0.00444. The van der Waals surface area contributed by atoms with Crippen LogP contribution in [0.3, 0.4) is 0 Å². The number of carbonyl (C=O) groups excluding carboxylic acids is 1. The Morgan fingerprint density at radius 1 is 1.50 bits per heavy atom. The highest BCUT2D eigenvalue weighted by Crippen LogP contribution is 2.26. The van der Waals surface area contributed by atoms with Crippen LogP contribution in [-0.2, 0) is 9.53 Å². The molecule has 3 N–H and O–H groups in total. The van der Waals surface area contributed by atoms with Crippen molar-refractivity contribution in [1.29, 1.82) is 0 Å². The van der Waals surface area contributed by atoms with Crippen LogP contribution in [0.1, 0.15) is 39.0 Å². The van der Waals surface area contributed by atoms with Crippen LogP contribution in [0.5, 0.6) is 0 Å². The van der Waals surface area contributed by atoms with Crippen LogP contribution in [-0.4, -0.2) is 31.7 Å². The largest absolute Gasteiger partial charge is 0.370 e. The van der Waals surface area contributed by atoms with Crippen molar-refractivity contribution in [1.82, 2.24) is 5.32 Å². The number of hydrogen-bond donors (Lipinski definition) is 2. The van der Waals surface area contributed by atoms with Crippen LogP contribution in [0.25, 0.3) is 0 Å². The molecule has 0 aromatic heterocycles. The normalized spacial score (nSPS) is 25.4. The quantitative estimate of drug-likeness (QED) is 0.668. The summed E-state index contributed by atoms with van der Waals surface area (Å²) in [6, 6.07) is 0.354. The predicted molar refractivity (Wildman–Crippen MR) is 64.1 cm³/mol. The van der Waals surface area contributed by atoms with Gasteiger partial charge in [-0.15, -0.1) is 0 Å². The lowest BCUT2D eigenvalue weighted by Crippen LogP contribution is -2.40. The summed E-state index contributed by atoms with van der Waals surface area (Å²) in [6.07, 6.45) is 5.99. The van der Waals surface area contributed by atoms with Gasteiger partial charge < -0.3 is 15.8 Å². The summed E-state index contributed by atoms with van der Waals surface area (Å²) >= 11 is 0. The minimum Gasteiger partial charge on any atom is -0.370 e. The summed E-state index contributed by atoms with van der Waals surface area (Å²) < 4.78 is 5.10. The zero-order chi connectivity index (χ0) is 11.8. The molecule has 0 radical (unpaired) electrons. The van der Waals surface area contributed by atoms with Crippen LogP contribution < -0.4 is 11.1 Å². The Kier molecular flexibility index (Phi) is 6.42. The summed E-state index contributed by atoms with van der Waals surface area (Å²) in [4.78, 5) is 11.5. The number of amides is 1. The third-order valence-corrected chi connectivity index (χ3v) is 3.22. The average molecular weight is 228 g/mol. The van der Waals surface area contributed by atoms with Crippen molar-refractivity contribution in [2.45, 2.75) is 45.1 Å². The fourth-order valence-corrected chi connectivity index (χ4v) is 2.31. The summed E-state index contributed by atoms with van der Waals surface area (Å²) in [5.74, 6) is 0.777. The third kappa shape index (κ3) is 4.94. The van der Waals surface area contributed by atoms with E-state index in [0.29, 0.717) is 19.2 Å². The molecular formula is C12H24N2O2. The van der Waals surface area contributed by atoms with E-state index in [1.165, 1.54) is 19.3 Å². The first-order valence-electron chi connectivity index (χ1n) is 6.33. The minimum absolute atomic E-state index is 0.00444. The second kappa shape index (κ2) is 7.63. The number of nitrogens with two attached hydrogens (primary N) is 1. The van der Waals surface area contributed by atoms with E-state index < -0.39 is 0 Å². The smallest absolute Gasteiger partial charge is 0.246 e. The van der Waals surface area contributed by atoms with Gasteiger partial charge in [0.15, 0.2) is 0 Å². The lowest BCUT2D eigenvalue weighted by Gasteiger charge is -2.29. The van der Waals surface area contributed by atoms with E-state index in [1.54, 1.807) is 0 Å². The van der Waals surface area contributed by atoms with E-state index in [4.69, 9.17) is 10.5 Å². The molecule has 0 aromatic carbocycles. The molecule has 1 amide bonds. The highest BCUT2D eigenvalue weighted by atomic mass is 16.5. The molecular weight excluding hydrogens is 204 g/mol. The maximum Gasteiger partial charge on any atom is 0.246 e. The van der Waals surface area contributed by atoms with Gasteiger partial charge in [-0.3, -0.25) is 4.79 Å². The summed E-state index contributed by atoms with van der Waals surface area (Å²) in [5, 5.41) is 3.04. The van der Waals surface area contributed by atoms with Gasteiger partial charge in [0.1, 0.15) is 6.61 Å². The van der Waals surface area contributed by atoms with Crippen molar-refractivity contribution < 1.29 is 9.53 Å². The molecule has 94 valence electrons. The molecule has 2 atom stereocenters. The number of nitrogens with one attached hydrogen (secondary N) is 1. The zero-order valence-corrected chi connectivity index (χ0v) is 10.2. The molecule has 4 nitrogen and oxygen atoms in total. The Bertz CT molecular complexity index is 209. The van der Waals surface area contributed by atoms with E-state index in [1.807, 2.05) is 0 Å². The highest BCUT2D eigenvalue weighted by Gasteiger charge is 2.21. The van der Waals surface area contributed by atoms with Crippen molar-refractivity contribution in [3.8, 4) is 0 Å². The Hall–Kier alpha value is -0.610. The Balaban J connectivity index is 2.17. The van der Waals surface area contributed by atoms with Gasteiger partial charge in [-0.05, 0) is 18.8 Å². The first-order valence-corrected chi connectivity index (χ1v) is 6.33. The van der Waals surface area contributed by atoms with E-state index in [0.717, 1.165) is 18.8 Å². The van der Waals surface area contributed by atoms with Crippen molar-refractivity contribution in [2.24, 2.45) is 11.7 Å². The molecule has 0 aliphatic heterocycles. The van der Waals surface area contributed by atoms with Crippen LogP contribution in [0, 0.1) is 5.92 Å². The van der Waals surface area contributed by atoms with E-state index in [-0.39, 0.29) is 12.5 Å². The molecule has 0 spiro atoms. The molecule has 0 aromatic rings. The molecule has 4 heteroatoms. The molecule has 2 unspecified atom stereocenters. The standard InChI is InChI=1S/C12H24N2O2/c1-2-10-4-3-5-11(8-10)14-12(15)9-16-7-6-13/h10-11H,2-9,13H2,1H3,(H,14,15). The van der Waals surface area contributed by atoms with Gasteiger partial charge in [0, 0.05) is 12.6 Å². The van der Waals surface area contributed by atoms with E-state index in [9.17, 15) is 4.79 Å². The molecule has 1 aliphatic rings. The van der Waals surface area contributed by atoms with Crippen molar-refractivity contribution in [2.75, 3.05) is 19.8 Å². The fraction of sp³-hybridized carbons (Fsp3) is 0.917. The Morgan fingerprint density at radius 2 is 2.31 bits per heavy atom. The van der Waals surface area contributed by atoms with Crippen molar-refractivity contribution in [3.63, 3.8) is 0 Å². The number of rotatable bonds is 6. The lowest BCUT2D eigenvalue weighted by molar-refractivity contribution is -0.126. The van der Waals surface area contributed by atoms with Gasteiger partial charge in [-0.2, -0.15) is 0 Å². The number of hydrogen-bond acceptors (Lipinski definition) is 3. The maximum absolute atomic E-state index is 11.5. The topological polar surface area (TPSA) is 64.3 Å². The third-order valence-electron chi connectivity index (χ3n) is 3.22. The molecule has 0 heterocycles. The van der Waals surface area contributed by atoms with E-state index >= 15 is 0 Å². The van der Waals surface area contributed by atoms with Gasteiger partial charge in [-0.25, -0.2) is 0 Å². The van der Waals surface area contributed by atoms with Crippen LogP contribution in [0.2, 0.25) is 0 Å². The predicted octanol–water partition coefficient (Wildman–Crippen LogP) is 1.05.